The average molecular weight is 340 g/mol. The number of sulfonamides is 1. The van der Waals surface area contributed by atoms with E-state index in [1.54, 1.807) is 16.1 Å². The van der Waals surface area contributed by atoms with E-state index in [0.29, 0.717) is 24.2 Å². The predicted molar refractivity (Wildman–Crippen MR) is 88.6 cm³/mol. The lowest BCUT2D eigenvalue weighted by atomic mass is 10.0. The highest BCUT2D eigenvalue weighted by Crippen LogP contribution is 2.28. The van der Waals surface area contributed by atoms with E-state index in [0.717, 1.165) is 35.3 Å². The number of nitrogens with zero attached hydrogens (tertiary/aromatic N) is 2. The summed E-state index contributed by atoms with van der Waals surface area (Å²) in [6, 6.07) is 5.95. The van der Waals surface area contributed by atoms with Crippen molar-refractivity contribution in [3.8, 4) is 0 Å². The van der Waals surface area contributed by atoms with Crippen molar-refractivity contribution in [3.63, 3.8) is 0 Å². The number of hydrogen-bond donors (Lipinski definition) is 0. The van der Waals surface area contributed by atoms with Crippen LogP contribution in [0.4, 0.5) is 0 Å². The van der Waals surface area contributed by atoms with E-state index in [1.165, 1.54) is 6.26 Å². The summed E-state index contributed by atoms with van der Waals surface area (Å²) in [7, 11) is -3.08. The van der Waals surface area contributed by atoms with Crippen LogP contribution in [0.2, 0.25) is 0 Å². The zero-order chi connectivity index (χ0) is 15.7. The molecule has 7 heteroatoms. The van der Waals surface area contributed by atoms with Gasteiger partial charge in [-0.25, -0.2) is 17.7 Å². The monoisotopic (exact) mass is 340 g/mol. The molecule has 1 fully saturated rings. The molecular weight excluding hydrogens is 320 g/mol. The van der Waals surface area contributed by atoms with E-state index < -0.39 is 10.0 Å². The molecule has 0 amide bonds. The van der Waals surface area contributed by atoms with Gasteiger partial charge >= 0.3 is 0 Å². The molecule has 0 saturated carbocycles. The molecule has 1 aliphatic rings. The third kappa shape index (κ3) is 3.64. The van der Waals surface area contributed by atoms with Crippen LogP contribution < -0.4 is 0 Å². The smallest absolute Gasteiger partial charge is 0.256 e. The fourth-order valence-electron chi connectivity index (χ4n) is 2.73. The number of aromatic nitrogens is 1. The van der Waals surface area contributed by atoms with Crippen molar-refractivity contribution in [2.24, 2.45) is 5.92 Å². The molecule has 120 valence electrons. The lowest BCUT2D eigenvalue weighted by molar-refractivity contribution is 0.286. The second-order valence-corrected chi connectivity index (χ2v) is 8.84. The third-order valence-electron chi connectivity index (χ3n) is 3.92. The summed E-state index contributed by atoms with van der Waals surface area (Å²) >= 11 is 1.57. The molecule has 5 nitrogen and oxygen atoms in total. The molecule has 0 aliphatic carbocycles. The van der Waals surface area contributed by atoms with Crippen molar-refractivity contribution in [2.45, 2.75) is 25.0 Å². The summed E-state index contributed by atoms with van der Waals surface area (Å²) in [5.74, 6) is 1.18. The van der Waals surface area contributed by atoms with E-state index in [-0.39, 0.29) is 0 Å². The Bertz CT molecular complexity index is 770. The fraction of sp³-hybridized carbons (Fsp3) is 0.533. The normalized spacial score (nSPS) is 20.5. The maximum atomic E-state index is 11.6. The molecule has 0 spiro atoms. The second-order valence-electron chi connectivity index (χ2n) is 5.89. The van der Waals surface area contributed by atoms with Crippen LogP contribution in [0.3, 0.4) is 0 Å². The molecule has 1 aromatic carbocycles. The summed E-state index contributed by atoms with van der Waals surface area (Å²) in [5.41, 5.74) is 2.84. The first-order valence-electron chi connectivity index (χ1n) is 7.37. The molecule has 1 saturated heterocycles. The first-order chi connectivity index (χ1) is 10.4. The van der Waals surface area contributed by atoms with Gasteiger partial charge in [0.1, 0.15) is 5.52 Å². The number of fused-ring (bicyclic) bond motifs is 1. The van der Waals surface area contributed by atoms with Crippen LogP contribution in [0, 0.1) is 12.8 Å². The average Bonchev–Trinajstić information content (AvgIpc) is 2.86. The first-order valence-corrected chi connectivity index (χ1v) is 10.2. The van der Waals surface area contributed by atoms with E-state index in [2.05, 4.69) is 4.98 Å². The predicted octanol–water partition coefficient (Wildman–Crippen LogP) is 2.90. The Hall–Kier alpha value is -1.05. The number of oxazole rings is 1. The van der Waals surface area contributed by atoms with E-state index >= 15 is 0 Å². The maximum absolute atomic E-state index is 11.6. The molecule has 2 aromatic rings. The van der Waals surface area contributed by atoms with Gasteiger partial charge in [0.25, 0.3) is 5.22 Å². The lowest BCUT2D eigenvalue weighted by Crippen LogP contribution is -2.39. The molecule has 0 radical (unpaired) electrons. The summed E-state index contributed by atoms with van der Waals surface area (Å²) < 4.78 is 30.6. The molecule has 0 N–H and O–H groups in total. The molecule has 2 heterocycles. The zero-order valence-electron chi connectivity index (χ0n) is 12.8. The van der Waals surface area contributed by atoms with Crippen molar-refractivity contribution >= 4 is 32.9 Å². The van der Waals surface area contributed by atoms with E-state index in [4.69, 9.17) is 4.42 Å². The van der Waals surface area contributed by atoms with Crippen molar-refractivity contribution in [1.82, 2.24) is 9.29 Å². The number of rotatable bonds is 4. The van der Waals surface area contributed by atoms with Crippen LogP contribution in [0.15, 0.2) is 27.8 Å². The van der Waals surface area contributed by atoms with Gasteiger partial charge in [-0.3, -0.25) is 0 Å². The van der Waals surface area contributed by atoms with Crippen LogP contribution in [0.25, 0.3) is 11.1 Å². The number of aryl methyl sites for hydroxylation is 1. The number of piperidine rings is 1. The number of thioether (sulfide) groups is 1. The number of hydrogen-bond acceptors (Lipinski definition) is 5. The largest absolute Gasteiger partial charge is 0.431 e. The van der Waals surface area contributed by atoms with Crippen molar-refractivity contribution in [3.05, 3.63) is 23.8 Å². The van der Waals surface area contributed by atoms with Crippen molar-refractivity contribution < 1.29 is 12.8 Å². The maximum Gasteiger partial charge on any atom is 0.256 e. The van der Waals surface area contributed by atoms with Gasteiger partial charge in [0.15, 0.2) is 5.58 Å². The molecule has 3 rings (SSSR count). The van der Waals surface area contributed by atoms with E-state index in [9.17, 15) is 8.42 Å². The minimum atomic E-state index is -3.08. The van der Waals surface area contributed by atoms with Crippen LogP contribution in [0.5, 0.6) is 0 Å². The molecular formula is C15H20N2O3S2. The third-order valence-corrected chi connectivity index (χ3v) is 6.25. The Morgan fingerprint density at radius 2 is 2.27 bits per heavy atom. The quantitative estimate of drug-likeness (QED) is 0.801. The van der Waals surface area contributed by atoms with Gasteiger partial charge in [0.05, 0.1) is 6.26 Å². The van der Waals surface area contributed by atoms with Crippen LogP contribution in [0.1, 0.15) is 18.4 Å². The van der Waals surface area contributed by atoms with Gasteiger partial charge in [0.2, 0.25) is 10.0 Å². The summed E-state index contributed by atoms with van der Waals surface area (Å²) in [5, 5.41) is 0.664. The zero-order valence-corrected chi connectivity index (χ0v) is 14.4. The second kappa shape index (κ2) is 6.22. The summed E-state index contributed by atoms with van der Waals surface area (Å²) in [4.78, 5) is 4.49. The summed E-state index contributed by atoms with van der Waals surface area (Å²) in [6.07, 6.45) is 3.26. The minimum absolute atomic E-state index is 0.352. The van der Waals surface area contributed by atoms with Crippen molar-refractivity contribution in [2.75, 3.05) is 25.1 Å². The SMILES string of the molecule is Cc1ccc2oc(SC[C@H]3CCCN(S(C)(=O)=O)C3)nc2c1. The standard InChI is InChI=1S/C15H20N2O3S2/c1-11-5-6-14-13(8-11)16-15(20-14)21-10-12-4-3-7-17(9-12)22(2,18)19/h5-6,8,12H,3-4,7,9-10H2,1-2H3/t12-/m0/s1. The fourth-order valence-corrected chi connectivity index (χ4v) is 4.64. The van der Waals surface area contributed by atoms with Crippen LogP contribution in [-0.2, 0) is 10.0 Å². The molecule has 0 bridgehead atoms. The van der Waals surface area contributed by atoms with Gasteiger partial charge in [0, 0.05) is 18.8 Å². The van der Waals surface area contributed by atoms with Gasteiger partial charge in [-0.15, -0.1) is 0 Å². The van der Waals surface area contributed by atoms with E-state index in [1.807, 2.05) is 25.1 Å². The van der Waals surface area contributed by atoms with Gasteiger partial charge in [-0.05, 0) is 43.4 Å². The molecule has 1 aromatic heterocycles. The lowest BCUT2D eigenvalue weighted by Gasteiger charge is -2.30. The summed E-state index contributed by atoms with van der Waals surface area (Å²) in [6.45, 7) is 3.27. The Morgan fingerprint density at radius 3 is 3.05 bits per heavy atom. The topological polar surface area (TPSA) is 63.4 Å². The molecule has 1 aliphatic heterocycles. The molecule has 22 heavy (non-hydrogen) atoms. The van der Waals surface area contributed by atoms with Crippen molar-refractivity contribution in [1.29, 1.82) is 0 Å². The van der Waals surface area contributed by atoms with Crippen LogP contribution >= 0.6 is 11.8 Å². The van der Waals surface area contributed by atoms with Gasteiger partial charge in [-0.2, -0.15) is 0 Å². The highest BCUT2D eigenvalue weighted by Gasteiger charge is 2.26. The van der Waals surface area contributed by atoms with Gasteiger partial charge in [-0.1, -0.05) is 17.8 Å². The highest BCUT2D eigenvalue weighted by atomic mass is 32.2. The van der Waals surface area contributed by atoms with Crippen LogP contribution in [-0.4, -0.2) is 42.8 Å². The minimum Gasteiger partial charge on any atom is -0.431 e. The Morgan fingerprint density at radius 1 is 1.45 bits per heavy atom. The highest BCUT2D eigenvalue weighted by molar-refractivity contribution is 7.99. The number of benzene rings is 1. The first kappa shape index (κ1) is 15.8. The Kier molecular flexibility index (Phi) is 4.47. The Labute approximate surface area is 135 Å². The molecule has 0 unspecified atom stereocenters. The molecule has 1 atom stereocenters. The Balaban J connectivity index is 1.63. The van der Waals surface area contributed by atoms with Gasteiger partial charge < -0.3 is 4.42 Å².